The lowest BCUT2D eigenvalue weighted by molar-refractivity contribution is 0.262. The molecule has 1 fully saturated rings. The van der Waals surface area contributed by atoms with E-state index in [2.05, 4.69) is 21.0 Å². The van der Waals surface area contributed by atoms with Gasteiger partial charge in [0.1, 0.15) is 11.6 Å². The second-order valence-electron chi connectivity index (χ2n) is 7.92. The van der Waals surface area contributed by atoms with Crippen LogP contribution in [0.2, 0.25) is 0 Å². The molecule has 1 aliphatic heterocycles. The van der Waals surface area contributed by atoms with Crippen molar-refractivity contribution < 1.29 is 13.9 Å². The molecule has 1 aliphatic rings. The Balaban J connectivity index is 1.46. The SMILES string of the molecule is Cn1nccc1-c1cc(NC(=O)Nc2ccc(F)cc2)ccc1OCCC1CCCCN1. The Hall–Kier alpha value is -3.39. The first-order chi connectivity index (χ1) is 15.6. The van der Waals surface area contributed by atoms with Crippen molar-refractivity contribution in [3.8, 4) is 17.0 Å². The number of hydrogen-bond acceptors (Lipinski definition) is 4. The molecule has 3 N–H and O–H groups in total. The molecule has 4 rings (SSSR count). The van der Waals surface area contributed by atoms with Crippen LogP contribution >= 0.6 is 0 Å². The summed E-state index contributed by atoms with van der Waals surface area (Å²) in [6.07, 6.45) is 6.37. The maximum Gasteiger partial charge on any atom is 0.323 e. The van der Waals surface area contributed by atoms with Gasteiger partial charge >= 0.3 is 6.03 Å². The molecule has 1 aromatic heterocycles. The number of carbonyl (C=O) groups excluding carboxylic acids is 1. The van der Waals surface area contributed by atoms with E-state index in [9.17, 15) is 9.18 Å². The number of benzene rings is 2. The first-order valence-corrected chi connectivity index (χ1v) is 10.9. The predicted molar refractivity (Wildman–Crippen MR) is 123 cm³/mol. The lowest BCUT2D eigenvalue weighted by Crippen LogP contribution is -2.35. The maximum absolute atomic E-state index is 13.1. The number of anilines is 2. The number of carbonyl (C=O) groups is 1. The summed E-state index contributed by atoms with van der Waals surface area (Å²) >= 11 is 0. The Morgan fingerprint density at radius 3 is 2.66 bits per heavy atom. The van der Waals surface area contributed by atoms with Gasteiger partial charge in [-0.3, -0.25) is 4.68 Å². The highest BCUT2D eigenvalue weighted by molar-refractivity contribution is 6.00. The molecule has 0 aliphatic carbocycles. The minimum absolute atomic E-state index is 0.355. The zero-order valence-corrected chi connectivity index (χ0v) is 18.1. The molecular formula is C24H28FN5O2. The molecule has 1 saturated heterocycles. The normalized spacial score (nSPS) is 15.9. The minimum atomic E-state index is -0.412. The van der Waals surface area contributed by atoms with Gasteiger partial charge in [0.2, 0.25) is 0 Å². The number of halogens is 1. The van der Waals surface area contributed by atoms with Crippen molar-refractivity contribution in [3.63, 3.8) is 0 Å². The van der Waals surface area contributed by atoms with Crippen molar-refractivity contribution in [3.05, 3.63) is 60.5 Å². The Morgan fingerprint density at radius 2 is 1.94 bits per heavy atom. The van der Waals surface area contributed by atoms with Gasteiger partial charge in [-0.1, -0.05) is 6.42 Å². The summed E-state index contributed by atoms with van der Waals surface area (Å²) < 4.78 is 21.0. The summed E-state index contributed by atoms with van der Waals surface area (Å²) in [5.41, 5.74) is 2.86. The quantitative estimate of drug-likeness (QED) is 0.497. The number of piperidine rings is 1. The second-order valence-corrected chi connectivity index (χ2v) is 7.92. The Labute approximate surface area is 187 Å². The van der Waals surface area contributed by atoms with Gasteiger partial charge in [-0.05, 0) is 74.3 Å². The van der Waals surface area contributed by atoms with Gasteiger partial charge in [0.25, 0.3) is 0 Å². The van der Waals surface area contributed by atoms with Gasteiger partial charge in [0, 0.05) is 36.2 Å². The summed E-state index contributed by atoms with van der Waals surface area (Å²) in [5.74, 6) is 0.389. The number of aromatic nitrogens is 2. The number of nitrogens with zero attached hydrogens (tertiary/aromatic N) is 2. The van der Waals surface area contributed by atoms with E-state index in [0.717, 1.165) is 30.0 Å². The minimum Gasteiger partial charge on any atom is -0.493 e. The fourth-order valence-electron chi connectivity index (χ4n) is 3.88. The van der Waals surface area contributed by atoms with Gasteiger partial charge in [-0.15, -0.1) is 0 Å². The predicted octanol–water partition coefficient (Wildman–Crippen LogP) is 4.78. The third-order valence-electron chi connectivity index (χ3n) is 5.57. The van der Waals surface area contributed by atoms with Gasteiger partial charge in [-0.25, -0.2) is 9.18 Å². The first kappa shape index (κ1) is 21.8. The fraction of sp³-hybridized carbons (Fsp3) is 0.333. The lowest BCUT2D eigenvalue weighted by atomic mass is 10.0. The number of urea groups is 1. The standard InChI is InChI=1S/C24H28FN5O2/c1-30-22(11-14-27-30)21-16-20(29-24(31)28-19-7-5-17(25)6-8-19)9-10-23(21)32-15-12-18-4-2-3-13-26-18/h5-11,14,16,18,26H,2-4,12-13,15H2,1H3,(H2,28,29,31). The monoisotopic (exact) mass is 437 g/mol. The van der Waals surface area contributed by atoms with Crippen LogP contribution in [0.4, 0.5) is 20.6 Å². The smallest absolute Gasteiger partial charge is 0.323 e. The third kappa shape index (κ3) is 5.64. The number of ether oxygens (including phenoxy) is 1. The lowest BCUT2D eigenvalue weighted by Gasteiger charge is -2.23. The molecule has 2 heterocycles. The summed E-state index contributed by atoms with van der Waals surface area (Å²) in [4.78, 5) is 12.4. The molecule has 0 radical (unpaired) electrons. The topological polar surface area (TPSA) is 80.2 Å². The third-order valence-corrected chi connectivity index (χ3v) is 5.57. The summed E-state index contributed by atoms with van der Waals surface area (Å²) in [7, 11) is 1.87. The molecule has 7 nitrogen and oxygen atoms in total. The fourth-order valence-corrected chi connectivity index (χ4v) is 3.88. The van der Waals surface area contributed by atoms with E-state index in [1.54, 1.807) is 16.9 Å². The van der Waals surface area contributed by atoms with Crippen LogP contribution in [0.15, 0.2) is 54.7 Å². The number of rotatable bonds is 7. The van der Waals surface area contributed by atoms with E-state index in [1.807, 2.05) is 25.2 Å². The highest BCUT2D eigenvalue weighted by Crippen LogP contribution is 2.33. The van der Waals surface area contributed by atoms with E-state index in [-0.39, 0.29) is 5.82 Å². The molecule has 1 atom stereocenters. The van der Waals surface area contributed by atoms with Crippen LogP contribution in [0, 0.1) is 5.82 Å². The van der Waals surface area contributed by atoms with Crippen LogP contribution in [-0.2, 0) is 7.05 Å². The highest BCUT2D eigenvalue weighted by atomic mass is 19.1. The van der Waals surface area contributed by atoms with E-state index in [4.69, 9.17) is 4.74 Å². The van der Waals surface area contributed by atoms with Crippen molar-refractivity contribution in [2.75, 3.05) is 23.8 Å². The number of amides is 2. The Bertz CT molecular complexity index is 1040. The molecule has 3 aromatic rings. The molecule has 8 heteroatoms. The number of aryl methyl sites for hydroxylation is 1. The molecule has 32 heavy (non-hydrogen) atoms. The van der Waals surface area contributed by atoms with Crippen molar-refractivity contribution in [2.45, 2.75) is 31.7 Å². The summed E-state index contributed by atoms with van der Waals surface area (Å²) in [5, 5.41) is 13.3. The van der Waals surface area contributed by atoms with E-state index in [1.165, 1.54) is 43.5 Å². The Kier molecular flexibility index (Phi) is 7.01. The summed E-state index contributed by atoms with van der Waals surface area (Å²) in [6.45, 7) is 1.69. The van der Waals surface area contributed by atoms with Gasteiger partial charge in [-0.2, -0.15) is 5.10 Å². The van der Waals surface area contributed by atoms with E-state index < -0.39 is 6.03 Å². The molecule has 168 valence electrons. The molecule has 0 spiro atoms. The molecule has 1 unspecified atom stereocenters. The van der Waals surface area contributed by atoms with Crippen LogP contribution in [0.25, 0.3) is 11.3 Å². The largest absolute Gasteiger partial charge is 0.493 e. The van der Waals surface area contributed by atoms with Crippen LogP contribution < -0.4 is 20.7 Å². The van der Waals surface area contributed by atoms with Gasteiger partial charge in [0.05, 0.1) is 12.3 Å². The van der Waals surface area contributed by atoms with Crippen LogP contribution in [0.3, 0.4) is 0 Å². The maximum atomic E-state index is 13.1. The van der Waals surface area contributed by atoms with E-state index in [0.29, 0.717) is 24.0 Å². The van der Waals surface area contributed by atoms with Gasteiger partial charge < -0.3 is 20.7 Å². The van der Waals surface area contributed by atoms with Crippen molar-refractivity contribution in [2.24, 2.45) is 7.05 Å². The number of nitrogens with one attached hydrogen (secondary N) is 3. The van der Waals surface area contributed by atoms with Crippen LogP contribution in [0.1, 0.15) is 25.7 Å². The van der Waals surface area contributed by atoms with E-state index >= 15 is 0 Å². The second kappa shape index (κ2) is 10.3. The average molecular weight is 438 g/mol. The number of hydrogen-bond donors (Lipinski definition) is 3. The van der Waals surface area contributed by atoms with Crippen molar-refractivity contribution >= 4 is 17.4 Å². The molecule has 2 amide bonds. The first-order valence-electron chi connectivity index (χ1n) is 10.9. The average Bonchev–Trinajstić information content (AvgIpc) is 3.22. The molecular weight excluding hydrogens is 409 g/mol. The van der Waals surface area contributed by atoms with Crippen molar-refractivity contribution in [1.29, 1.82) is 0 Å². The summed E-state index contributed by atoms with van der Waals surface area (Å²) in [6, 6.07) is 13.1. The van der Waals surface area contributed by atoms with Crippen LogP contribution in [-0.4, -0.2) is 35.0 Å². The molecule has 0 bridgehead atoms. The molecule has 0 saturated carbocycles. The highest BCUT2D eigenvalue weighted by Gasteiger charge is 2.15. The van der Waals surface area contributed by atoms with Crippen molar-refractivity contribution in [1.82, 2.24) is 15.1 Å². The van der Waals surface area contributed by atoms with Crippen LogP contribution in [0.5, 0.6) is 5.75 Å². The zero-order chi connectivity index (χ0) is 22.3. The Morgan fingerprint density at radius 1 is 1.16 bits per heavy atom. The zero-order valence-electron chi connectivity index (χ0n) is 18.1. The molecule has 2 aromatic carbocycles. The van der Waals surface area contributed by atoms with Gasteiger partial charge in [0.15, 0.2) is 0 Å².